The second-order valence-corrected chi connectivity index (χ2v) is 7.99. The lowest BCUT2D eigenvalue weighted by Gasteiger charge is -2.36. The van der Waals surface area contributed by atoms with Crippen molar-refractivity contribution in [3.8, 4) is 0 Å². The van der Waals surface area contributed by atoms with E-state index >= 15 is 0 Å². The highest BCUT2D eigenvalue weighted by molar-refractivity contribution is 7.99. The van der Waals surface area contributed by atoms with E-state index in [0.717, 1.165) is 47.6 Å². The van der Waals surface area contributed by atoms with Crippen molar-refractivity contribution in [3.63, 3.8) is 0 Å². The van der Waals surface area contributed by atoms with E-state index in [4.69, 9.17) is 16.6 Å². The molecular weight excluding hydrogens is 350 g/mol. The molecule has 0 unspecified atom stereocenters. The number of nitrogens with zero attached hydrogens (tertiary/aromatic N) is 3. The topological polar surface area (TPSA) is 18.8 Å². The van der Waals surface area contributed by atoms with E-state index in [-0.39, 0.29) is 0 Å². The normalized spacial score (nSPS) is 17.5. The van der Waals surface area contributed by atoms with Crippen LogP contribution in [0.25, 0.3) is 0 Å². The predicted molar refractivity (Wildman–Crippen MR) is 107 cm³/mol. The smallest absolute Gasteiger partial charge is 0.137 e. The van der Waals surface area contributed by atoms with Gasteiger partial charge in [0.25, 0.3) is 0 Å². The highest BCUT2D eigenvalue weighted by atomic mass is 35.5. The predicted octanol–water partition coefficient (Wildman–Crippen LogP) is 4.91. The van der Waals surface area contributed by atoms with Gasteiger partial charge >= 0.3 is 0 Å². The van der Waals surface area contributed by atoms with Crippen molar-refractivity contribution in [1.29, 1.82) is 0 Å². The van der Waals surface area contributed by atoms with E-state index in [2.05, 4.69) is 47.1 Å². The fourth-order valence-electron chi connectivity index (χ4n) is 3.44. The van der Waals surface area contributed by atoms with E-state index in [1.807, 2.05) is 12.1 Å². The van der Waals surface area contributed by atoms with Gasteiger partial charge in [0.1, 0.15) is 5.84 Å². The van der Waals surface area contributed by atoms with E-state index < -0.39 is 0 Å². The lowest BCUT2D eigenvalue weighted by molar-refractivity contribution is 0.182. The average Bonchev–Trinajstić information content (AvgIpc) is 2.79. The third-order valence-corrected chi connectivity index (χ3v) is 6.08. The number of halogens is 1. The Kier molecular flexibility index (Phi) is 5.02. The van der Waals surface area contributed by atoms with Crippen LogP contribution < -0.4 is 0 Å². The Hall–Kier alpha value is -1.49. The monoisotopic (exact) mass is 371 g/mol. The summed E-state index contributed by atoms with van der Waals surface area (Å²) in [5.41, 5.74) is 2.20. The molecule has 0 spiro atoms. The number of hydrogen-bond acceptors (Lipinski definition) is 4. The first-order chi connectivity index (χ1) is 12.2. The molecule has 0 saturated carbocycles. The van der Waals surface area contributed by atoms with Crippen LogP contribution in [-0.4, -0.2) is 48.4 Å². The molecule has 2 aliphatic heterocycles. The van der Waals surface area contributed by atoms with Crippen LogP contribution in [-0.2, 0) is 0 Å². The molecule has 0 atom stereocenters. The minimum atomic E-state index is 0.737. The Morgan fingerprint density at radius 2 is 1.84 bits per heavy atom. The van der Waals surface area contributed by atoms with Gasteiger partial charge < -0.3 is 4.90 Å². The molecule has 0 N–H and O–H groups in total. The average molecular weight is 372 g/mol. The molecule has 0 aliphatic carbocycles. The van der Waals surface area contributed by atoms with Crippen molar-refractivity contribution in [2.75, 3.05) is 32.7 Å². The van der Waals surface area contributed by atoms with Crippen molar-refractivity contribution in [1.82, 2.24) is 9.80 Å². The van der Waals surface area contributed by atoms with E-state index in [1.165, 1.54) is 23.4 Å². The molecule has 5 heteroatoms. The molecule has 1 fully saturated rings. The summed E-state index contributed by atoms with van der Waals surface area (Å²) in [7, 11) is 0. The third-order valence-electron chi connectivity index (χ3n) is 4.71. The van der Waals surface area contributed by atoms with Gasteiger partial charge in [-0.3, -0.25) is 4.90 Å². The molecule has 0 amide bonds. The summed E-state index contributed by atoms with van der Waals surface area (Å²) in [4.78, 5) is 12.5. The maximum atomic E-state index is 6.23. The van der Waals surface area contributed by atoms with Crippen LogP contribution in [0.15, 0.2) is 57.2 Å². The third kappa shape index (κ3) is 3.57. The molecule has 2 aliphatic rings. The Labute approximate surface area is 158 Å². The number of piperazine rings is 1. The van der Waals surface area contributed by atoms with E-state index in [1.54, 1.807) is 11.8 Å². The first-order valence-corrected chi connectivity index (χ1v) is 10.1. The maximum Gasteiger partial charge on any atom is 0.137 e. The van der Waals surface area contributed by atoms with E-state index in [9.17, 15) is 0 Å². The quantitative estimate of drug-likeness (QED) is 0.747. The van der Waals surface area contributed by atoms with Crippen LogP contribution in [0.5, 0.6) is 0 Å². The number of rotatable bonds is 2. The molecule has 25 heavy (non-hydrogen) atoms. The number of fused-ring (bicyclic) bond motifs is 2. The van der Waals surface area contributed by atoms with Crippen molar-refractivity contribution in [2.45, 2.75) is 23.1 Å². The van der Waals surface area contributed by atoms with Crippen LogP contribution in [0.2, 0.25) is 5.02 Å². The summed E-state index contributed by atoms with van der Waals surface area (Å²) < 4.78 is 0. The second kappa shape index (κ2) is 7.40. The largest absolute Gasteiger partial charge is 0.354 e. The zero-order valence-corrected chi connectivity index (χ0v) is 16.0. The van der Waals surface area contributed by atoms with Crippen molar-refractivity contribution in [2.24, 2.45) is 4.99 Å². The number of hydrogen-bond donors (Lipinski definition) is 0. The zero-order chi connectivity index (χ0) is 17.2. The van der Waals surface area contributed by atoms with Gasteiger partial charge in [0, 0.05) is 46.6 Å². The van der Waals surface area contributed by atoms with Crippen molar-refractivity contribution < 1.29 is 0 Å². The molecule has 0 aromatic heterocycles. The lowest BCUT2D eigenvalue weighted by Crippen LogP contribution is -2.49. The van der Waals surface area contributed by atoms with Crippen LogP contribution in [0, 0.1) is 0 Å². The van der Waals surface area contributed by atoms with Gasteiger partial charge in [-0.2, -0.15) is 0 Å². The highest BCUT2D eigenvalue weighted by Crippen LogP contribution is 2.41. The zero-order valence-electron chi connectivity index (χ0n) is 14.4. The summed E-state index contributed by atoms with van der Waals surface area (Å²) in [5, 5.41) is 0.737. The molecule has 2 heterocycles. The Morgan fingerprint density at radius 3 is 2.64 bits per heavy atom. The fourth-order valence-corrected chi connectivity index (χ4v) is 4.60. The maximum absolute atomic E-state index is 6.23. The lowest BCUT2D eigenvalue weighted by atomic mass is 10.1. The number of benzene rings is 2. The SMILES string of the molecule is CCCN1CCN(C2=Nc3cc(Cl)ccc3Sc3ccccc32)CC1. The van der Waals surface area contributed by atoms with Gasteiger partial charge in [-0.1, -0.05) is 48.5 Å². The van der Waals surface area contributed by atoms with Gasteiger partial charge in [-0.15, -0.1) is 0 Å². The summed E-state index contributed by atoms with van der Waals surface area (Å²) in [6.07, 6.45) is 1.21. The summed E-state index contributed by atoms with van der Waals surface area (Å²) in [6.45, 7) is 7.68. The van der Waals surface area contributed by atoms with Gasteiger partial charge in [0.15, 0.2) is 0 Å². The van der Waals surface area contributed by atoms with Crippen molar-refractivity contribution >= 4 is 34.9 Å². The molecule has 0 bridgehead atoms. The molecule has 2 aromatic rings. The second-order valence-electron chi connectivity index (χ2n) is 6.47. The van der Waals surface area contributed by atoms with Gasteiger partial charge in [0.2, 0.25) is 0 Å². The standard InChI is InChI=1S/C20H22ClN3S/c1-2-9-23-10-12-24(13-11-23)20-16-5-3-4-6-18(16)25-19-8-7-15(21)14-17(19)22-20/h3-8,14H,2,9-13H2,1H3. The summed E-state index contributed by atoms with van der Waals surface area (Å²) >= 11 is 8.01. The minimum absolute atomic E-state index is 0.737. The first-order valence-electron chi connectivity index (χ1n) is 8.87. The Balaban J connectivity index is 1.71. The minimum Gasteiger partial charge on any atom is -0.354 e. The molecule has 4 rings (SSSR count). The Morgan fingerprint density at radius 1 is 1.04 bits per heavy atom. The van der Waals surface area contributed by atoms with Crippen LogP contribution in [0.1, 0.15) is 18.9 Å². The molecular formula is C20H22ClN3S. The molecule has 0 radical (unpaired) electrons. The fraction of sp³-hybridized carbons (Fsp3) is 0.350. The molecule has 3 nitrogen and oxygen atoms in total. The molecule has 2 aromatic carbocycles. The summed E-state index contributed by atoms with van der Waals surface area (Å²) in [6, 6.07) is 14.6. The number of amidine groups is 1. The highest BCUT2D eigenvalue weighted by Gasteiger charge is 2.25. The van der Waals surface area contributed by atoms with Crippen molar-refractivity contribution in [3.05, 3.63) is 53.1 Å². The van der Waals surface area contributed by atoms with Gasteiger partial charge in [-0.05, 0) is 37.2 Å². The van der Waals surface area contributed by atoms with Crippen LogP contribution in [0.4, 0.5) is 5.69 Å². The van der Waals surface area contributed by atoms with Crippen LogP contribution in [0.3, 0.4) is 0 Å². The van der Waals surface area contributed by atoms with Gasteiger partial charge in [-0.25, -0.2) is 4.99 Å². The molecule has 130 valence electrons. The first kappa shape index (κ1) is 17.0. The molecule has 1 saturated heterocycles. The van der Waals surface area contributed by atoms with Gasteiger partial charge in [0.05, 0.1) is 5.69 Å². The number of aliphatic imine (C=N–C) groups is 1. The van der Waals surface area contributed by atoms with Crippen LogP contribution >= 0.6 is 23.4 Å². The van der Waals surface area contributed by atoms with E-state index in [0.29, 0.717) is 0 Å². The summed E-state index contributed by atoms with van der Waals surface area (Å²) in [5.74, 6) is 1.08. The Bertz CT molecular complexity index is 797.